The molecule has 0 aliphatic carbocycles. The second kappa shape index (κ2) is 7.66. The van der Waals surface area contributed by atoms with E-state index < -0.39 is 0 Å². The number of ether oxygens (including phenoxy) is 1. The molecule has 28 heavy (non-hydrogen) atoms. The highest BCUT2D eigenvalue weighted by Gasteiger charge is 2.22. The third-order valence-electron chi connectivity index (χ3n) is 3.96. The quantitative estimate of drug-likeness (QED) is 0.532. The van der Waals surface area contributed by atoms with Gasteiger partial charge in [0.25, 0.3) is 5.89 Å². The van der Waals surface area contributed by atoms with Gasteiger partial charge in [0.2, 0.25) is 11.7 Å². The van der Waals surface area contributed by atoms with Gasteiger partial charge in [0.05, 0.1) is 6.61 Å². The summed E-state index contributed by atoms with van der Waals surface area (Å²) >= 11 is 5.93. The molecule has 0 aliphatic heterocycles. The summed E-state index contributed by atoms with van der Waals surface area (Å²) in [4.78, 5) is 13.3. The SMILES string of the molecule is CCOc1nc(-c2ccccc2)nc(N)c1-c1nc(-c2ccc(Cl)cc2)no1. The molecule has 2 N–H and O–H groups in total. The molecule has 0 amide bonds. The zero-order valence-electron chi connectivity index (χ0n) is 15.0. The van der Waals surface area contributed by atoms with Crippen molar-refractivity contribution in [3.05, 3.63) is 59.6 Å². The van der Waals surface area contributed by atoms with Crippen molar-refractivity contribution in [3.8, 4) is 40.1 Å². The first-order valence-electron chi connectivity index (χ1n) is 8.61. The number of hydrogen-bond acceptors (Lipinski definition) is 7. The van der Waals surface area contributed by atoms with Gasteiger partial charge in [-0.1, -0.05) is 47.1 Å². The molecule has 0 saturated heterocycles. The molecule has 0 atom stereocenters. The molecule has 0 spiro atoms. The third-order valence-corrected chi connectivity index (χ3v) is 4.21. The average molecular weight is 394 g/mol. The summed E-state index contributed by atoms with van der Waals surface area (Å²) in [5, 5.41) is 4.64. The van der Waals surface area contributed by atoms with Crippen molar-refractivity contribution in [1.29, 1.82) is 0 Å². The topological polar surface area (TPSA) is 100.0 Å². The lowest BCUT2D eigenvalue weighted by molar-refractivity contribution is 0.326. The molecular formula is C20H16ClN5O2. The van der Waals surface area contributed by atoms with E-state index in [1.807, 2.05) is 37.3 Å². The maximum Gasteiger partial charge on any atom is 0.267 e. The van der Waals surface area contributed by atoms with E-state index >= 15 is 0 Å². The zero-order valence-corrected chi connectivity index (χ0v) is 15.7. The van der Waals surface area contributed by atoms with Crippen LogP contribution in [0.25, 0.3) is 34.2 Å². The largest absolute Gasteiger partial charge is 0.477 e. The Morgan fingerprint density at radius 3 is 2.36 bits per heavy atom. The van der Waals surface area contributed by atoms with E-state index in [1.54, 1.807) is 24.3 Å². The van der Waals surface area contributed by atoms with Crippen LogP contribution in [0.3, 0.4) is 0 Å². The van der Waals surface area contributed by atoms with Gasteiger partial charge in [-0.25, -0.2) is 4.98 Å². The molecule has 0 aliphatic rings. The summed E-state index contributed by atoms with van der Waals surface area (Å²) in [5.41, 5.74) is 8.17. The summed E-state index contributed by atoms with van der Waals surface area (Å²) < 4.78 is 11.1. The van der Waals surface area contributed by atoms with E-state index in [0.717, 1.165) is 11.1 Å². The van der Waals surface area contributed by atoms with E-state index in [2.05, 4.69) is 20.1 Å². The Morgan fingerprint density at radius 2 is 1.64 bits per heavy atom. The standard InChI is InChI=1S/C20H16ClN5O2/c1-2-27-19-15(16(22)23-17(24-19)12-6-4-3-5-7-12)20-25-18(26-28-20)13-8-10-14(21)11-9-13/h3-11H,2H2,1H3,(H2,22,23,24). The molecule has 2 aromatic heterocycles. The second-order valence-electron chi connectivity index (χ2n) is 5.84. The molecule has 0 saturated carbocycles. The number of rotatable bonds is 5. The van der Waals surface area contributed by atoms with Crippen LogP contribution in [-0.4, -0.2) is 26.7 Å². The molecule has 0 bridgehead atoms. The average Bonchev–Trinajstić information content (AvgIpc) is 3.19. The Bertz CT molecular complexity index is 1100. The molecule has 0 fully saturated rings. The third kappa shape index (κ3) is 3.52. The van der Waals surface area contributed by atoms with E-state index in [1.165, 1.54) is 0 Å². The van der Waals surface area contributed by atoms with E-state index in [4.69, 9.17) is 26.6 Å². The van der Waals surface area contributed by atoms with Gasteiger partial charge in [-0.2, -0.15) is 9.97 Å². The van der Waals surface area contributed by atoms with Gasteiger partial charge in [-0.15, -0.1) is 0 Å². The maximum atomic E-state index is 6.21. The number of nitrogens with zero attached hydrogens (tertiary/aromatic N) is 4. The van der Waals surface area contributed by atoms with Crippen LogP contribution in [0.2, 0.25) is 5.02 Å². The van der Waals surface area contributed by atoms with Crippen LogP contribution in [0.4, 0.5) is 5.82 Å². The van der Waals surface area contributed by atoms with Crippen LogP contribution in [0, 0.1) is 0 Å². The van der Waals surface area contributed by atoms with Gasteiger partial charge in [-0.05, 0) is 31.2 Å². The molecule has 8 heteroatoms. The summed E-state index contributed by atoms with van der Waals surface area (Å²) in [5.74, 6) is 1.54. The Hall–Kier alpha value is -3.45. The molecule has 4 rings (SSSR count). The molecule has 0 radical (unpaired) electrons. The van der Waals surface area contributed by atoms with Crippen molar-refractivity contribution >= 4 is 17.4 Å². The van der Waals surface area contributed by atoms with Crippen LogP contribution in [-0.2, 0) is 0 Å². The molecule has 4 aromatic rings. The van der Waals surface area contributed by atoms with Crippen molar-refractivity contribution in [3.63, 3.8) is 0 Å². The minimum absolute atomic E-state index is 0.186. The van der Waals surface area contributed by atoms with Gasteiger partial charge in [0.1, 0.15) is 11.4 Å². The number of anilines is 1. The fraction of sp³-hybridized carbons (Fsp3) is 0.100. The fourth-order valence-electron chi connectivity index (χ4n) is 2.66. The van der Waals surface area contributed by atoms with Crippen molar-refractivity contribution < 1.29 is 9.26 Å². The van der Waals surface area contributed by atoms with Crippen molar-refractivity contribution in [1.82, 2.24) is 20.1 Å². The van der Waals surface area contributed by atoms with Gasteiger partial charge < -0.3 is 15.0 Å². The highest BCUT2D eigenvalue weighted by Crippen LogP contribution is 2.35. The monoisotopic (exact) mass is 393 g/mol. The zero-order chi connectivity index (χ0) is 19.5. The summed E-state index contributed by atoms with van der Waals surface area (Å²) in [6.45, 7) is 2.26. The van der Waals surface area contributed by atoms with Crippen LogP contribution < -0.4 is 10.5 Å². The van der Waals surface area contributed by atoms with Crippen LogP contribution in [0.15, 0.2) is 59.1 Å². The van der Waals surface area contributed by atoms with Gasteiger partial charge >= 0.3 is 0 Å². The Kier molecular flexibility index (Phi) is 4.90. The van der Waals surface area contributed by atoms with Crippen molar-refractivity contribution in [2.45, 2.75) is 6.92 Å². The molecular weight excluding hydrogens is 378 g/mol. The van der Waals surface area contributed by atoms with Crippen LogP contribution in [0.1, 0.15) is 6.92 Å². The predicted molar refractivity (Wildman–Crippen MR) is 107 cm³/mol. The first kappa shape index (κ1) is 17.9. The molecule has 2 aromatic carbocycles. The smallest absolute Gasteiger partial charge is 0.267 e. The first-order chi connectivity index (χ1) is 13.7. The lowest BCUT2D eigenvalue weighted by Crippen LogP contribution is -2.05. The number of aromatic nitrogens is 4. The fourth-order valence-corrected chi connectivity index (χ4v) is 2.78. The number of halogens is 1. The van der Waals surface area contributed by atoms with Gasteiger partial charge in [0, 0.05) is 16.1 Å². The summed E-state index contributed by atoms with van der Waals surface area (Å²) in [6.07, 6.45) is 0. The van der Waals surface area contributed by atoms with Crippen LogP contribution in [0.5, 0.6) is 5.88 Å². The van der Waals surface area contributed by atoms with Crippen molar-refractivity contribution in [2.75, 3.05) is 12.3 Å². The molecule has 0 unspecified atom stereocenters. The minimum Gasteiger partial charge on any atom is -0.477 e. The number of benzene rings is 2. The van der Waals surface area contributed by atoms with E-state index in [9.17, 15) is 0 Å². The Labute approximate surface area is 166 Å². The second-order valence-corrected chi connectivity index (χ2v) is 6.28. The van der Waals surface area contributed by atoms with Gasteiger partial charge in [0.15, 0.2) is 5.82 Å². The van der Waals surface area contributed by atoms with Crippen molar-refractivity contribution in [2.24, 2.45) is 0 Å². The van der Waals surface area contributed by atoms with Gasteiger partial charge in [-0.3, -0.25) is 0 Å². The molecule has 140 valence electrons. The normalized spacial score (nSPS) is 10.8. The first-order valence-corrected chi connectivity index (χ1v) is 8.99. The van der Waals surface area contributed by atoms with Crippen LogP contribution >= 0.6 is 11.6 Å². The summed E-state index contributed by atoms with van der Waals surface area (Å²) in [6, 6.07) is 16.6. The maximum absolute atomic E-state index is 6.21. The molecule has 2 heterocycles. The lowest BCUT2D eigenvalue weighted by Gasteiger charge is -2.10. The Morgan fingerprint density at radius 1 is 0.929 bits per heavy atom. The summed E-state index contributed by atoms with van der Waals surface area (Å²) in [7, 11) is 0. The minimum atomic E-state index is 0.186. The predicted octanol–water partition coefficient (Wildman–Crippen LogP) is 4.49. The van der Waals surface area contributed by atoms with E-state index in [-0.39, 0.29) is 11.7 Å². The number of nitrogens with two attached hydrogens (primary N) is 1. The number of nitrogen functional groups attached to an aromatic ring is 1. The Balaban J connectivity index is 1.78. The number of hydrogen-bond donors (Lipinski definition) is 1. The van der Waals surface area contributed by atoms with E-state index in [0.29, 0.717) is 34.7 Å². The highest BCUT2D eigenvalue weighted by molar-refractivity contribution is 6.30. The lowest BCUT2D eigenvalue weighted by atomic mass is 10.2. The molecule has 7 nitrogen and oxygen atoms in total. The highest BCUT2D eigenvalue weighted by atomic mass is 35.5.